The smallest absolute Gasteiger partial charge is 0.220 e. The van der Waals surface area contributed by atoms with Gasteiger partial charge < -0.3 is 10.6 Å². The maximum absolute atomic E-state index is 12.2. The van der Waals surface area contributed by atoms with Gasteiger partial charge in [-0.25, -0.2) is 0 Å². The second-order valence-electron chi connectivity index (χ2n) is 6.03. The predicted octanol–water partition coefficient (Wildman–Crippen LogP) is 3.26. The maximum atomic E-state index is 12.2. The number of carbonyl (C=O) groups excluding carboxylic acids is 1. The molecular formula is C16H26N2OS. The first kappa shape index (κ1) is 15.5. The highest BCUT2D eigenvalue weighted by molar-refractivity contribution is 7.12. The van der Waals surface area contributed by atoms with Crippen molar-refractivity contribution in [3.8, 4) is 0 Å². The van der Waals surface area contributed by atoms with Gasteiger partial charge in [-0.15, -0.1) is 11.3 Å². The summed E-state index contributed by atoms with van der Waals surface area (Å²) in [6.45, 7) is 8.56. The van der Waals surface area contributed by atoms with E-state index in [-0.39, 0.29) is 11.9 Å². The molecule has 4 heteroatoms. The molecule has 2 rings (SSSR count). The van der Waals surface area contributed by atoms with E-state index in [4.69, 9.17) is 0 Å². The zero-order valence-electron chi connectivity index (χ0n) is 12.7. The molecule has 1 aromatic rings. The first-order valence-corrected chi connectivity index (χ1v) is 8.44. The van der Waals surface area contributed by atoms with Crippen LogP contribution < -0.4 is 10.6 Å². The van der Waals surface area contributed by atoms with E-state index in [0.717, 1.165) is 13.1 Å². The molecule has 3 unspecified atom stereocenters. The molecule has 20 heavy (non-hydrogen) atoms. The van der Waals surface area contributed by atoms with E-state index in [9.17, 15) is 4.79 Å². The minimum Gasteiger partial charge on any atom is -0.349 e. The SMILES string of the molecule is Cc1ccc(C(C)NC(=O)CC(C)C2CCCNC2)s1. The third-order valence-electron chi connectivity index (χ3n) is 4.21. The van der Waals surface area contributed by atoms with Crippen LogP contribution in [0, 0.1) is 18.8 Å². The molecule has 0 bridgehead atoms. The summed E-state index contributed by atoms with van der Waals surface area (Å²) in [4.78, 5) is 14.7. The van der Waals surface area contributed by atoms with Gasteiger partial charge in [0.15, 0.2) is 0 Å². The minimum atomic E-state index is 0.123. The van der Waals surface area contributed by atoms with Crippen LogP contribution in [-0.4, -0.2) is 19.0 Å². The molecule has 1 aliphatic heterocycles. The average Bonchev–Trinajstić information content (AvgIpc) is 2.86. The van der Waals surface area contributed by atoms with E-state index in [1.54, 1.807) is 11.3 Å². The molecule has 2 N–H and O–H groups in total. The van der Waals surface area contributed by atoms with Crippen LogP contribution in [0.2, 0.25) is 0 Å². The van der Waals surface area contributed by atoms with Gasteiger partial charge in [-0.2, -0.15) is 0 Å². The van der Waals surface area contributed by atoms with Crippen molar-refractivity contribution in [1.29, 1.82) is 0 Å². The summed E-state index contributed by atoms with van der Waals surface area (Å²) < 4.78 is 0. The highest BCUT2D eigenvalue weighted by Crippen LogP contribution is 2.24. The van der Waals surface area contributed by atoms with Crippen molar-refractivity contribution >= 4 is 17.2 Å². The topological polar surface area (TPSA) is 41.1 Å². The van der Waals surface area contributed by atoms with Crippen molar-refractivity contribution in [3.05, 3.63) is 21.9 Å². The van der Waals surface area contributed by atoms with Gasteiger partial charge in [0.05, 0.1) is 6.04 Å². The van der Waals surface area contributed by atoms with Crippen LogP contribution >= 0.6 is 11.3 Å². The molecule has 3 nitrogen and oxygen atoms in total. The van der Waals surface area contributed by atoms with Gasteiger partial charge in [-0.3, -0.25) is 4.79 Å². The van der Waals surface area contributed by atoms with Crippen LogP contribution in [0.4, 0.5) is 0 Å². The van der Waals surface area contributed by atoms with Gasteiger partial charge in [0, 0.05) is 16.2 Å². The Hall–Kier alpha value is -0.870. The number of amides is 1. The lowest BCUT2D eigenvalue weighted by atomic mass is 9.85. The molecule has 1 amide bonds. The zero-order valence-corrected chi connectivity index (χ0v) is 13.6. The molecule has 2 heterocycles. The van der Waals surface area contributed by atoms with Gasteiger partial charge in [-0.05, 0) is 63.7 Å². The van der Waals surface area contributed by atoms with Gasteiger partial charge in [0.25, 0.3) is 0 Å². The molecule has 0 aliphatic carbocycles. The first-order valence-electron chi connectivity index (χ1n) is 7.62. The van der Waals surface area contributed by atoms with Crippen LogP contribution in [-0.2, 0) is 4.79 Å². The molecule has 0 radical (unpaired) electrons. The Bertz CT molecular complexity index is 437. The second-order valence-corrected chi connectivity index (χ2v) is 7.34. The van der Waals surface area contributed by atoms with Gasteiger partial charge >= 0.3 is 0 Å². The molecule has 0 aromatic carbocycles. The number of carbonyl (C=O) groups is 1. The first-order chi connectivity index (χ1) is 9.56. The van der Waals surface area contributed by atoms with Crippen molar-refractivity contribution in [2.75, 3.05) is 13.1 Å². The Morgan fingerprint density at radius 3 is 2.90 bits per heavy atom. The quantitative estimate of drug-likeness (QED) is 0.875. The average molecular weight is 294 g/mol. The fourth-order valence-corrected chi connectivity index (χ4v) is 3.76. The lowest BCUT2D eigenvalue weighted by molar-refractivity contribution is -0.123. The number of nitrogens with one attached hydrogen (secondary N) is 2. The van der Waals surface area contributed by atoms with E-state index >= 15 is 0 Å². The zero-order chi connectivity index (χ0) is 14.5. The van der Waals surface area contributed by atoms with E-state index in [2.05, 4.69) is 43.5 Å². The molecule has 112 valence electrons. The summed E-state index contributed by atoms with van der Waals surface area (Å²) in [6.07, 6.45) is 3.13. The monoisotopic (exact) mass is 294 g/mol. The van der Waals surface area contributed by atoms with Crippen molar-refractivity contribution in [3.63, 3.8) is 0 Å². The molecule has 1 saturated heterocycles. The van der Waals surface area contributed by atoms with Gasteiger partial charge in [0.1, 0.15) is 0 Å². The van der Waals surface area contributed by atoms with Crippen molar-refractivity contribution < 1.29 is 4.79 Å². The fraction of sp³-hybridized carbons (Fsp3) is 0.688. The summed E-state index contributed by atoms with van der Waals surface area (Å²) in [5, 5.41) is 6.56. The standard InChI is InChI=1S/C16H26N2OS/c1-11(14-5-4-8-17-10-14)9-16(19)18-13(3)15-7-6-12(2)20-15/h6-7,11,13-14,17H,4-5,8-10H2,1-3H3,(H,18,19). The molecule has 1 aliphatic rings. The van der Waals surface area contributed by atoms with E-state index in [0.29, 0.717) is 18.3 Å². The summed E-state index contributed by atoms with van der Waals surface area (Å²) in [7, 11) is 0. The van der Waals surface area contributed by atoms with Crippen molar-refractivity contribution in [2.45, 2.75) is 46.1 Å². The lowest BCUT2D eigenvalue weighted by Crippen LogP contribution is -2.36. The summed E-state index contributed by atoms with van der Waals surface area (Å²) in [5.74, 6) is 1.29. The van der Waals surface area contributed by atoms with Crippen molar-refractivity contribution in [2.24, 2.45) is 11.8 Å². The second kappa shape index (κ2) is 7.23. The number of aryl methyl sites for hydroxylation is 1. The maximum Gasteiger partial charge on any atom is 0.220 e. The van der Waals surface area contributed by atoms with Crippen molar-refractivity contribution in [1.82, 2.24) is 10.6 Å². The van der Waals surface area contributed by atoms with E-state index in [1.807, 2.05) is 0 Å². The Morgan fingerprint density at radius 1 is 1.50 bits per heavy atom. The highest BCUT2D eigenvalue weighted by Gasteiger charge is 2.22. The van der Waals surface area contributed by atoms with Crippen LogP contribution in [0.1, 0.15) is 48.9 Å². The van der Waals surface area contributed by atoms with Gasteiger partial charge in [-0.1, -0.05) is 6.92 Å². The number of rotatable bonds is 5. The Kier molecular flexibility index (Phi) is 5.61. The predicted molar refractivity (Wildman–Crippen MR) is 85.0 cm³/mol. The number of hydrogen-bond acceptors (Lipinski definition) is 3. The third-order valence-corrected chi connectivity index (χ3v) is 5.40. The normalized spacial score (nSPS) is 22.2. The highest BCUT2D eigenvalue weighted by atomic mass is 32.1. The largest absolute Gasteiger partial charge is 0.349 e. The minimum absolute atomic E-state index is 0.123. The number of hydrogen-bond donors (Lipinski definition) is 2. The van der Waals surface area contributed by atoms with Crippen LogP contribution in [0.25, 0.3) is 0 Å². The molecular weight excluding hydrogens is 268 g/mol. The van der Waals surface area contributed by atoms with Crippen LogP contribution in [0.3, 0.4) is 0 Å². The van der Waals surface area contributed by atoms with E-state index in [1.165, 1.54) is 22.6 Å². The molecule has 3 atom stereocenters. The Labute approximate surface area is 126 Å². The number of thiophene rings is 1. The molecule has 0 saturated carbocycles. The summed E-state index contributed by atoms with van der Waals surface area (Å²) >= 11 is 1.76. The fourth-order valence-electron chi connectivity index (χ4n) is 2.88. The van der Waals surface area contributed by atoms with E-state index < -0.39 is 0 Å². The Balaban J connectivity index is 1.79. The Morgan fingerprint density at radius 2 is 2.30 bits per heavy atom. The van der Waals surface area contributed by atoms with Crippen LogP contribution in [0.15, 0.2) is 12.1 Å². The summed E-state index contributed by atoms with van der Waals surface area (Å²) in [6, 6.07) is 4.34. The molecule has 1 fully saturated rings. The van der Waals surface area contributed by atoms with Gasteiger partial charge in [0.2, 0.25) is 5.91 Å². The molecule has 0 spiro atoms. The molecule has 1 aromatic heterocycles. The third kappa shape index (κ3) is 4.32. The number of piperidine rings is 1. The summed E-state index contributed by atoms with van der Waals surface area (Å²) in [5.41, 5.74) is 0. The lowest BCUT2D eigenvalue weighted by Gasteiger charge is -2.28. The van der Waals surface area contributed by atoms with Crippen LogP contribution in [0.5, 0.6) is 0 Å².